The molecule has 6 nitrogen and oxygen atoms in total. The second-order valence-corrected chi connectivity index (χ2v) is 7.38. The predicted molar refractivity (Wildman–Crippen MR) is 109 cm³/mol. The fourth-order valence-electron chi connectivity index (χ4n) is 2.54. The van der Waals surface area contributed by atoms with Crippen LogP contribution in [0.4, 0.5) is 10.8 Å². The highest BCUT2D eigenvalue weighted by molar-refractivity contribution is 7.20. The number of nitrogens with zero attached hydrogens (tertiary/aromatic N) is 3. The molecule has 2 N–H and O–H groups in total. The Morgan fingerprint density at radius 3 is 2.59 bits per heavy atom. The predicted octanol–water partition coefficient (Wildman–Crippen LogP) is 4.55. The molecule has 0 saturated carbocycles. The smallest absolute Gasteiger partial charge is 0.246 e. The molecule has 2 aromatic carbocycles. The van der Waals surface area contributed by atoms with Crippen molar-refractivity contribution >= 4 is 44.6 Å². The lowest BCUT2D eigenvalue weighted by Crippen LogP contribution is -2.31. The molecule has 0 spiro atoms. The highest BCUT2D eigenvalue weighted by Crippen LogP contribution is 2.25. The average Bonchev–Trinajstić information content (AvgIpc) is 3.21. The number of hydrogen-bond donors (Lipinski definition) is 2. The van der Waals surface area contributed by atoms with Crippen LogP contribution >= 0.6 is 22.9 Å². The second kappa shape index (κ2) is 7.38. The van der Waals surface area contributed by atoms with Crippen molar-refractivity contribution in [3.05, 3.63) is 65.8 Å². The Hall–Kier alpha value is -2.90. The zero-order valence-electron chi connectivity index (χ0n) is 14.4. The van der Waals surface area contributed by atoms with Gasteiger partial charge in [0.25, 0.3) is 0 Å². The van der Waals surface area contributed by atoms with Crippen LogP contribution in [-0.2, 0) is 4.79 Å². The molecule has 2 heterocycles. The molecule has 0 aliphatic heterocycles. The fraction of sp³-hybridized carbons (Fsp3) is 0.105. The van der Waals surface area contributed by atoms with Crippen LogP contribution in [0.1, 0.15) is 6.92 Å². The minimum Gasteiger partial charge on any atom is -0.349 e. The Morgan fingerprint density at radius 2 is 1.89 bits per heavy atom. The third kappa shape index (κ3) is 3.94. The van der Waals surface area contributed by atoms with Crippen LogP contribution in [0.5, 0.6) is 0 Å². The van der Waals surface area contributed by atoms with E-state index in [-0.39, 0.29) is 5.91 Å². The number of fused-ring (bicyclic) bond motifs is 1. The summed E-state index contributed by atoms with van der Waals surface area (Å²) in [4.78, 5) is 17.6. The number of para-hydroxylation sites is 1. The fourth-order valence-corrected chi connectivity index (χ4v) is 3.54. The number of benzene rings is 2. The first-order valence-electron chi connectivity index (χ1n) is 8.33. The van der Waals surface area contributed by atoms with Crippen molar-refractivity contribution in [2.75, 3.05) is 10.6 Å². The lowest BCUT2D eigenvalue weighted by atomic mass is 10.2. The Labute approximate surface area is 164 Å². The standard InChI is InChI=1S/C19H16ClN5OS/c1-12(17(26)22-15-5-3-2-4-6-15)21-18-24-25-11-16(23-19(25)27-18)13-7-9-14(20)10-8-13/h2-12H,1H3,(H,21,24)(H,22,26). The number of rotatable bonds is 5. The summed E-state index contributed by atoms with van der Waals surface area (Å²) >= 11 is 7.32. The highest BCUT2D eigenvalue weighted by Gasteiger charge is 2.16. The summed E-state index contributed by atoms with van der Waals surface area (Å²) in [5.74, 6) is -0.129. The number of hydrogen-bond acceptors (Lipinski definition) is 5. The molecular formula is C19H16ClN5OS. The van der Waals surface area contributed by atoms with Crippen molar-refractivity contribution in [3.63, 3.8) is 0 Å². The number of anilines is 2. The average molecular weight is 398 g/mol. The Morgan fingerprint density at radius 1 is 1.15 bits per heavy atom. The van der Waals surface area contributed by atoms with Crippen LogP contribution in [0.25, 0.3) is 16.2 Å². The van der Waals surface area contributed by atoms with Crippen LogP contribution in [0, 0.1) is 0 Å². The van der Waals surface area contributed by atoms with Gasteiger partial charge in [0.1, 0.15) is 6.04 Å². The van der Waals surface area contributed by atoms with Gasteiger partial charge in [0.15, 0.2) is 0 Å². The maximum absolute atomic E-state index is 12.3. The number of halogens is 1. The van der Waals surface area contributed by atoms with E-state index in [2.05, 4.69) is 20.7 Å². The van der Waals surface area contributed by atoms with E-state index in [0.717, 1.165) is 21.9 Å². The van der Waals surface area contributed by atoms with Crippen LogP contribution in [-0.4, -0.2) is 26.5 Å². The summed E-state index contributed by atoms with van der Waals surface area (Å²) < 4.78 is 1.71. The van der Waals surface area contributed by atoms with Gasteiger partial charge < -0.3 is 10.6 Å². The van der Waals surface area contributed by atoms with Crippen molar-refractivity contribution in [2.24, 2.45) is 0 Å². The van der Waals surface area contributed by atoms with Gasteiger partial charge in [0.05, 0.1) is 11.9 Å². The number of aromatic nitrogens is 3. The van der Waals surface area contributed by atoms with Crippen LogP contribution in [0.3, 0.4) is 0 Å². The van der Waals surface area contributed by atoms with Crippen molar-refractivity contribution in [2.45, 2.75) is 13.0 Å². The van der Waals surface area contributed by atoms with Gasteiger partial charge in [-0.1, -0.05) is 53.3 Å². The van der Waals surface area contributed by atoms with E-state index < -0.39 is 6.04 Å². The van der Waals surface area contributed by atoms with E-state index in [1.807, 2.05) is 60.8 Å². The highest BCUT2D eigenvalue weighted by atomic mass is 35.5. The SMILES string of the molecule is CC(Nc1nn2cc(-c3ccc(Cl)cc3)nc2s1)C(=O)Nc1ccccc1. The molecule has 2 aromatic heterocycles. The summed E-state index contributed by atoms with van der Waals surface area (Å²) in [6, 6.07) is 16.4. The molecule has 4 aromatic rings. The van der Waals surface area contributed by atoms with E-state index >= 15 is 0 Å². The van der Waals surface area contributed by atoms with Crippen molar-refractivity contribution in [1.29, 1.82) is 0 Å². The first-order valence-corrected chi connectivity index (χ1v) is 9.52. The quantitative estimate of drug-likeness (QED) is 0.518. The number of carbonyl (C=O) groups is 1. The molecule has 0 aliphatic carbocycles. The second-order valence-electron chi connectivity index (χ2n) is 5.99. The molecule has 1 unspecified atom stereocenters. The first-order chi connectivity index (χ1) is 13.1. The maximum Gasteiger partial charge on any atom is 0.246 e. The topological polar surface area (TPSA) is 71.3 Å². The lowest BCUT2D eigenvalue weighted by molar-refractivity contribution is -0.116. The number of nitrogens with one attached hydrogen (secondary N) is 2. The largest absolute Gasteiger partial charge is 0.349 e. The van der Waals surface area contributed by atoms with Gasteiger partial charge in [-0.15, -0.1) is 5.10 Å². The molecule has 1 atom stereocenters. The van der Waals surface area contributed by atoms with E-state index in [1.54, 1.807) is 11.4 Å². The van der Waals surface area contributed by atoms with Crippen molar-refractivity contribution in [1.82, 2.24) is 14.6 Å². The molecule has 136 valence electrons. The normalized spacial score (nSPS) is 12.1. The minimum atomic E-state index is -0.434. The molecule has 0 fully saturated rings. The monoisotopic (exact) mass is 397 g/mol. The van der Waals surface area contributed by atoms with Gasteiger partial charge in [0, 0.05) is 16.3 Å². The molecular weight excluding hydrogens is 382 g/mol. The number of carbonyl (C=O) groups excluding carboxylic acids is 1. The molecule has 0 bridgehead atoms. The minimum absolute atomic E-state index is 0.129. The van der Waals surface area contributed by atoms with Crippen LogP contribution < -0.4 is 10.6 Å². The Balaban J connectivity index is 1.45. The Kier molecular flexibility index (Phi) is 4.79. The first kappa shape index (κ1) is 17.5. The van der Waals surface area contributed by atoms with Crippen molar-refractivity contribution in [3.8, 4) is 11.3 Å². The van der Waals surface area contributed by atoms with Gasteiger partial charge in [-0.05, 0) is 31.2 Å². The van der Waals surface area contributed by atoms with Gasteiger partial charge in [0.2, 0.25) is 16.0 Å². The van der Waals surface area contributed by atoms with E-state index in [0.29, 0.717) is 10.2 Å². The molecule has 1 amide bonds. The van der Waals surface area contributed by atoms with Gasteiger partial charge in [-0.2, -0.15) is 0 Å². The van der Waals surface area contributed by atoms with E-state index in [4.69, 9.17) is 11.6 Å². The molecule has 4 rings (SSSR count). The van der Waals surface area contributed by atoms with Gasteiger partial charge >= 0.3 is 0 Å². The maximum atomic E-state index is 12.3. The Bertz CT molecular complexity index is 1040. The van der Waals surface area contributed by atoms with E-state index in [9.17, 15) is 4.79 Å². The van der Waals surface area contributed by atoms with Crippen molar-refractivity contribution < 1.29 is 4.79 Å². The number of imidazole rings is 1. The summed E-state index contributed by atoms with van der Waals surface area (Å²) in [6.07, 6.45) is 1.86. The molecule has 8 heteroatoms. The summed E-state index contributed by atoms with van der Waals surface area (Å²) in [5.41, 5.74) is 2.56. The summed E-state index contributed by atoms with van der Waals surface area (Å²) in [7, 11) is 0. The van der Waals surface area contributed by atoms with Crippen LogP contribution in [0.2, 0.25) is 5.02 Å². The molecule has 0 radical (unpaired) electrons. The third-order valence-corrected chi connectivity index (χ3v) is 5.06. The summed E-state index contributed by atoms with van der Waals surface area (Å²) in [6.45, 7) is 1.79. The lowest BCUT2D eigenvalue weighted by Gasteiger charge is -2.12. The molecule has 0 saturated heterocycles. The zero-order chi connectivity index (χ0) is 18.8. The number of amides is 1. The van der Waals surface area contributed by atoms with Crippen LogP contribution in [0.15, 0.2) is 60.8 Å². The van der Waals surface area contributed by atoms with Gasteiger partial charge in [-0.3, -0.25) is 4.79 Å². The summed E-state index contributed by atoms with van der Waals surface area (Å²) in [5, 5.41) is 11.8. The molecule has 0 aliphatic rings. The third-order valence-electron chi connectivity index (χ3n) is 3.96. The molecule has 27 heavy (non-hydrogen) atoms. The van der Waals surface area contributed by atoms with Gasteiger partial charge in [-0.25, -0.2) is 9.50 Å². The zero-order valence-corrected chi connectivity index (χ0v) is 16.0. The van der Waals surface area contributed by atoms with E-state index in [1.165, 1.54) is 11.3 Å².